The Morgan fingerprint density at radius 3 is 2.72 bits per heavy atom. The van der Waals surface area contributed by atoms with E-state index in [4.69, 9.17) is 0 Å². The number of aromatic nitrogens is 4. The average Bonchev–Trinajstić information content (AvgIpc) is 2.71. The third-order valence-electron chi connectivity index (χ3n) is 2.75. The number of fused-ring (bicyclic) bond motifs is 1. The van der Waals surface area contributed by atoms with Gasteiger partial charge in [0, 0.05) is 6.54 Å². The zero-order valence-corrected chi connectivity index (χ0v) is 12.1. The van der Waals surface area contributed by atoms with Gasteiger partial charge in [0.25, 0.3) is 0 Å². The highest BCUT2D eigenvalue weighted by Crippen LogP contribution is 2.23. The standard InChI is InChI=1S/C12H19N5S/c1-7(2)5-6-13-11-10-9(8(3)16-17-10)14-12(15-11)18-4/h7H,5-6H2,1-4H3,(H,16,17)(H,13,14,15). The Hall–Kier alpha value is -1.30. The van der Waals surface area contributed by atoms with Crippen molar-refractivity contribution >= 4 is 28.6 Å². The van der Waals surface area contributed by atoms with E-state index in [-0.39, 0.29) is 0 Å². The molecule has 0 atom stereocenters. The highest BCUT2D eigenvalue weighted by Gasteiger charge is 2.12. The summed E-state index contributed by atoms with van der Waals surface area (Å²) in [5.74, 6) is 1.50. The van der Waals surface area contributed by atoms with Crippen molar-refractivity contribution in [3.63, 3.8) is 0 Å². The van der Waals surface area contributed by atoms with E-state index in [0.717, 1.165) is 40.7 Å². The lowest BCUT2D eigenvalue weighted by Crippen LogP contribution is -2.07. The van der Waals surface area contributed by atoms with E-state index in [0.29, 0.717) is 5.92 Å². The van der Waals surface area contributed by atoms with Crippen molar-refractivity contribution in [1.29, 1.82) is 0 Å². The monoisotopic (exact) mass is 265 g/mol. The van der Waals surface area contributed by atoms with Crippen molar-refractivity contribution in [3.8, 4) is 0 Å². The molecule has 0 saturated carbocycles. The van der Waals surface area contributed by atoms with Gasteiger partial charge in [-0.3, -0.25) is 5.10 Å². The summed E-state index contributed by atoms with van der Waals surface area (Å²) in [6.45, 7) is 7.31. The van der Waals surface area contributed by atoms with Gasteiger partial charge in [-0.05, 0) is 25.5 Å². The number of H-pyrrole nitrogens is 1. The predicted molar refractivity (Wildman–Crippen MR) is 76.1 cm³/mol. The Morgan fingerprint density at radius 2 is 2.06 bits per heavy atom. The molecule has 5 nitrogen and oxygen atoms in total. The Morgan fingerprint density at radius 1 is 1.28 bits per heavy atom. The van der Waals surface area contributed by atoms with Gasteiger partial charge in [-0.1, -0.05) is 25.6 Å². The van der Waals surface area contributed by atoms with E-state index in [1.807, 2.05) is 13.2 Å². The van der Waals surface area contributed by atoms with Gasteiger partial charge in [-0.15, -0.1) is 0 Å². The first-order chi connectivity index (χ1) is 8.61. The fraction of sp³-hybridized carbons (Fsp3) is 0.583. The molecule has 2 aromatic rings. The molecule has 6 heteroatoms. The molecule has 0 radical (unpaired) electrons. The van der Waals surface area contributed by atoms with Crippen LogP contribution in [-0.2, 0) is 0 Å². The summed E-state index contributed by atoms with van der Waals surface area (Å²) in [4.78, 5) is 8.96. The van der Waals surface area contributed by atoms with Crippen LogP contribution in [-0.4, -0.2) is 33.0 Å². The largest absolute Gasteiger partial charge is 0.368 e. The molecule has 2 aromatic heterocycles. The third-order valence-corrected chi connectivity index (χ3v) is 3.30. The molecular formula is C12H19N5S. The minimum atomic E-state index is 0.677. The molecule has 0 aromatic carbocycles. The first-order valence-corrected chi connectivity index (χ1v) is 7.35. The highest BCUT2D eigenvalue weighted by atomic mass is 32.2. The fourth-order valence-corrected chi connectivity index (χ4v) is 2.05. The van der Waals surface area contributed by atoms with Gasteiger partial charge in [0.05, 0.1) is 5.69 Å². The van der Waals surface area contributed by atoms with Crippen LogP contribution in [0.5, 0.6) is 0 Å². The second-order valence-corrected chi connectivity index (χ2v) is 5.49. The van der Waals surface area contributed by atoms with Gasteiger partial charge in [0.1, 0.15) is 5.52 Å². The number of aromatic amines is 1. The molecule has 0 aliphatic rings. The topological polar surface area (TPSA) is 66.5 Å². The number of thioether (sulfide) groups is 1. The van der Waals surface area contributed by atoms with Crippen molar-refractivity contribution in [1.82, 2.24) is 20.2 Å². The maximum absolute atomic E-state index is 4.49. The zero-order valence-electron chi connectivity index (χ0n) is 11.2. The van der Waals surface area contributed by atoms with Crippen molar-refractivity contribution in [3.05, 3.63) is 5.69 Å². The number of aryl methyl sites for hydroxylation is 1. The van der Waals surface area contributed by atoms with Crippen LogP contribution in [0.25, 0.3) is 11.0 Å². The van der Waals surface area contributed by atoms with Gasteiger partial charge in [0.15, 0.2) is 16.5 Å². The first kappa shape index (κ1) is 13.1. The lowest BCUT2D eigenvalue weighted by Gasteiger charge is -2.08. The first-order valence-electron chi connectivity index (χ1n) is 6.12. The second-order valence-electron chi connectivity index (χ2n) is 4.71. The second kappa shape index (κ2) is 5.56. The molecule has 2 rings (SSSR count). The molecule has 2 N–H and O–H groups in total. The molecule has 18 heavy (non-hydrogen) atoms. The normalized spacial score (nSPS) is 11.4. The van der Waals surface area contributed by atoms with Crippen LogP contribution >= 0.6 is 11.8 Å². The van der Waals surface area contributed by atoms with E-state index in [1.54, 1.807) is 11.8 Å². The summed E-state index contributed by atoms with van der Waals surface area (Å²) in [5, 5.41) is 11.4. The molecule has 0 unspecified atom stereocenters. The van der Waals surface area contributed by atoms with E-state index in [2.05, 4.69) is 39.3 Å². The molecule has 0 fully saturated rings. The van der Waals surface area contributed by atoms with E-state index < -0.39 is 0 Å². The Bertz CT molecular complexity index is 534. The Balaban J connectivity index is 2.29. The number of hydrogen-bond acceptors (Lipinski definition) is 5. The minimum Gasteiger partial charge on any atom is -0.368 e. The van der Waals surface area contributed by atoms with Gasteiger partial charge in [-0.25, -0.2) is 9.97 Å². The summed E-state index contributed by atoms with van der Waals surface area (Å²) in [6.07, 6.45) is 3.10. The fourth-order valence-electron chi connectivity index (χ4n) is 1.69. The summed E-state index contributed by atoms with van der Waals surface area (Å²) in [6, 6.07) is 0. The van der Waals surface area contributed by atoms with Gasteiger partial charge in [-0.2, -0.15) is 5.10 Å². The maximum Gasteiger partial charge on any atom is 0.190 e. The van der Waals surface area contributed by atoms with Gasteiger partial charge in [0.2, 0.25) is 0 Å². The van der Waals surface area contributed by atoms with Crippen molar-refractivity contribution in [2.75, 3.05) is 18.1 Å². The molecule has 0 amide bonds. The van der Waals surface area contributed by atoms with Crippen LogP contribution in [0.1, 0.15) is 26.0 Å². The lowest BCUT2D eigenvalue weighted by molar-refractivity contribution is 0.606. The number of nitrogens with zero attached hydrogens (tertiary/aromatic N) is 3. The average molecular weight is 265 g/mol. The number of anilines is 1. The third kappa shape index (κ3) is 2.75. The predicted octanol–water partition coefficient (Wildman–Crippen LogP) is 2.84. The van der Waals surface area contributed by atoms with Crippen molar-refractivity contribution < 1.29 is 0 Å². The minimum absolute atomic E-state index is 0.677. The molecule has 0 aliphatic heterocycles. The number of hydrogen-bond donors (Lipinski definition) is 2. The molecular weight excluding hydrogens is 246 g/mol. The maximum atomic E-state index is 4.49. The van der Waals surface area contributed by atoms with Crippen LogP contribution in [0.4, 0.5) is 5.82 Å². The van der Waals surface area contributed by atoms with E-state index in [1.165, 1.54) is 0 Å². The van der Waals surface area contributed by atoms with E-state index >= 15 is 0 Å². The van der Waals surface area contributed by atoms with Gasteiger partial charge < -0.3 is 5.32 Å². The van der Waals surface area contributed by atoms with Crippen LogP contribution in [0.3, 0.4) is 0 Å². The molecule has 0 bridgehead atoms. The smallest absolute Gasteiger partial charge is 0.190 e. The van der Waals surface area contributed by atoms with Crippen molar-refractivity contribution in [2.45, 2.75) is 32.3 Å². The van der Waals surface area contributed by atoms with Crippen molar-refractivity contribution in [2.24, 2.45) is 5.92 Å². The summed E-state index contributed by atoms with van der Waals surface area (Å²) >= 11 is 1.55. The van der Waals surface area contributed by atoms with E-state index in [9.17, 15) is 0 Å². The number of nitrogens with one attached hydrogen (secondary N) is 2. The molecule has 0 spiro atoms. The Kier molecular flexibility index (Phi) is 4.06. The Labute approximate surface area is 111 Å². The summed E-state index contributed by atoms with van der Waals surface area (Å²) in [5.41, 5.74) is 2.71. The SMILES string of the molecule is CSc1nc(NCCC(C)C)c2n[nH]c(C)c2n1. The zero-order chi connectivity index (χ0) is 13.1. The van der Waals surface area contributed by atoms with Crippen LogP contribution in [0.2, 0.25) is 0 Å². The lowest BCUT2D eigenvalue weighted by atomic mass is 10.1. The molecule has 2 heterocycles. The van der Waals surface area contributed by atoms with Crippen LogP contribution < -0.4 is 5.32 Å². The van der Waals surface area contributed by atoms with Gasteiger partial charge >= 0.3 is 0 Å². The highest BCUT2D eigenvalue weighted by molar-refractivity contribution is 7.98. The quantitative estimate of drug-likeness (QED) is 0.643. The summed E-state index contributed by atoms with van der Waals surface area (Å²) in [7, 11) is 0. The summed E-state index contributed by atoms with van der Waals surface area (Å²) < 4.78 is 0. The molecule has 0 aliphatic carbocycles. The number of rotatable bonds is 5. The van der Waals surface area contributed by atoms with Crippen LogP contribution in [0.15, 0.2) is 5.16 Å². The molecule has 0 saturated heterocycles. The molecule has 98 valence electrons. The van der Waals surface area contributed by atoms with Crippen LogP contribution in [0, 0.1) is 12.8 Å².